The number of rotatable bonds is 4. The van der Waals surface area contributed by atoms with Crippen LogP contribution in [-0.2, 0) is 13.5 Å². The van der Waals surface area contributed by atoms with E-state index in [9.17, 15) is 14.0 Å². The van der Waals surface area contributed by atoms with Gasteiger partial charge >= 0.3 is 6.03 Å². The average Bonchev–Trinajstić information content (AvgIpc) is 2.68. The lowest BCUT2D eigenvalue weighted by Crippen LogP contribution is -2.44. The lowest BCUT2D eigenvalue weighted by molar-refractivity contribution is 0.114. The number of amides is 2. The monoisotopic (exact) mass is 452 g/mol. The molecule has 150 valence electrons. The molecule has 0 bridgehead atoms. The third-order valence-electron chi connectivity index (χ3n) is 4.75. The normalized spacial score (nSPS) is 14.8. The van der Waals surface area contributed by atoms with E-state index < -0.39 is 0 Å². The molecule has 1 aromatic heterocycles. The number of urea groups is 1. The van der Waals surface area contributed by atoms with Crippen molar-refractivity contribution in [3.8, 4) is 5.75 Å². The van der Waals surface area contributed by atoms with Gasteiger partial charge in [-0.1, -0.05) is 6.92 Å². The van der Waals surface area contributed by atoms with Crippen molar-refractivity contribution in [3.63, 3.8) is 0 Å². The highest BCUT2D eigenvalue weighted by Gasteiger charge is 2.25. The Labute approximate surface area is 170 Å². The highest BCUT2D eigenvalue weighted by atomic mass is 79.9. The number of aryl methyl sites for hydroxylation is 2. The second-order valence-corrected chi connectivity index (χ2v) is 7.49. The molecule has 1 fully saturated rings. The fraction of sp³-hybridized carbons (Fsp3) is 0.421. The molecule has 1 N–H and O–H groups in total. The average molecular weight is 453 g/mol. The third kappa shape index (κ3) is 4.52. The predicted octanol–water partition coefficient (Wildman–Crippen LogP) is 3.32. The number of likely N-dealkylation sites (tertiary alicyclic amines) is 1. The van der Waals surface area contributed by atoms with Crippen LogP contribution in [0.1, 0.15) is 25.3 Å². The largest absolute Gasteiger partial charge is 0.489 e. The minimum absolute atomic E-state index is 0.0655. The molecule has 2 amide bonds. The van der Waals surface area contributed by atoms with Crippen LogP contribution < -0.4 is 15.6 Å². The van der Waals surface area contributed by atoms with Crippen molar-refractivity contribution in [2.75, 3.05) is 18.4 Å². The second-order valence-electron chi connectivity index (χ2n) is 6.64. The van der Waals surface area contributed by atoms with Crippen LogP contribution >= 0.6 is 15.9 Å². The van der Waals surface area contributed by atoms with Crippen molar-refractivity contribution in [1.29, 1.82) is 0 Å². The minimum Gasteiger partial charge on any atom is -0.489 e. The first-order valence-corrected chi connectivity index (χ1v) is 9.91. The van der Waals surface area contributed by atoms with Crippen molar-refractivity contribution in [2.45, 2.75) is 32.3 Å². The van der Waals surface area contributed by atoms with Gasteiger partial charge in [-0.3, -0.25) is 4.79 Å². The Bertz CT molecular complexity index is 926. The molecule has 0 radical (unpaired) electrons. The Hall–Kier alpha value is -2.42. The van der Waals surface area contributed by atoms with Gasteiger partial charge in [0.25, 0.3) is 5.56 Å². The predicted molar refractivity (Wildman–Crippen MR) is 107 cm³/mol. The number of nitrogens with one attached hydrogen (secondary N) is 1. The molecule has 7 nitrogen and oxygen atoms in total. The van der Waals surface area contributed by atoms with Gasteiger partial charge in [0, 0.05) is 39.2 Å². The summed E-state index contributed by atoms with van der Waals surface area (Å²) in [6.07, 6.45) is 3.27. The maximum absolute atomic E-state index is 13.8. The molecule has 2 heterocycles. The highest BCUT2D eigenvalue weighted by Crippen LogP contribution is 2.31. The van der Waals surface area contributed by atoms with E-state index in [1.54, 1.807) is 11.0 Å². The Morgan fingerprint density at radius 2 is 2.11 bits per heavy atom. The minimum atomic E-state index is -0.359. The number of anilines is 1. The summed E-state index contributed by atoms with van der Waals surface area (Å²) in [4.78, 5) is 26.0. The Morgan fingerprint density at radius 3 is 2.79 bits per heavy atom. The number of hydrogen-bond donors (Lipinski definition) is 1. The van der Waals surface area contributed by atoms with Gasteiger partial charge in [-0.25, -0.2) is 13.9 Å². The summed E-state index contributed by atoms with van der Waals surface area (Å²) in [5.74, 6) is 0.358. The van der Waals surface area contributed by atoms with Gasteiger partial charge in [0.15, 0.2) is 0 Å². The van der Waals surface area contributed by atoms with Crippen LogP contribution in [-0.4, -0.2) is 39.9 Å². The van der Waals surface area contributed by atoms with Crippen molar-refractivity contribution in [2.24, 2.45) is 7.05 Å². The summed E-state index contributed by atoms with van der Waals surface area (Å²) in [6.45, 7) is 2.89. The van der Waals surface area contributed by atoms with E-state index in [1.165, 1.54) is 30.1 Å². The molecule has 2 aromatic rings. The smallest absolute Gasteiger partial charge is 0.321 e. The number of aromatic nitrogens is 2. The fourth-order valence-electron chi connectivity index (χ4n) is 3.08. The molecule has 9 heteroatoms. The van der Waals surface area contributed by atoms with E-state index in [-0.39, 0.29) is 29.2 Å². The van der Waals surface area contributed by atoms with Gasteiger partial charge in [-0.05, 0) is 46.1 Å². The van der Waals surface area contributed by atoms with E-state index in [4.69, 9.17) is 4.74 Å². The van der Waals surface area contributed by atoms with Crippen LogP contribution in [0.15, 0.2) is 33.7 Å². The lowest BCUT2D eigenvalue weighted by Gasteiger charge is -2.32. The van der Waals surface area contributed by atoms with Crippen LogP contribution in [0.3, 0.4) is 0 Å². The first-order valence-electron chi connectivity index (χ1n) is 9.11. The second kappa shape index (κ2) is 8.72. The summed E-state index contributed by atoms with van der Waals surface area (Å²) in [6, 6.07) is 4.30. The summed E-state index contributed by atoms with van der Waals surface area (Å²) < 4.78 is 21.6. The maximum Gasteiger partial charge on any atom is 0.321 e. The molecule has 1 aliphatic rings. The van der Waals surface area contributed by atoms with Gasteiger partial charge in [0.05, 0.1) is 4.47 Å². The number of halogens is 2. The SMILES string of the molecule is CCc1cc(OC2CCN(C(=O)Nc3ccnn(C)c3=O)CC2)c(Br)cc1F. The van der Waals surface area contributed by atoms with Crippen molar-refractivity contribution in [3.05, 3.63) is 50.6 Å². The van der Waals surface area contributed by atoms with Gasteiger partial charge in [0.2, 0.25) is 0 Å². The zero-order valence-electron chi connectivity index (χ0n) is 15.7. The summed E-state index contributed by atoms with van der Waals surface area (Å²) >= 11 is 3.35. The van der Waals surface area contributed by atoms with E-state index in [0.717, 1.165) is 0 Å². The fourth-order valence-corrected chi connectivity index (χ4v) is 3.49. The highest BCUT2D eigenvalue weighted by molar-refractivity contribution is 9.10. The maximum atomic E-state index is 13.8. The van der Waals surface area contributed by atoms with Gasteiger partial charge in [-0.15, -0.1) is 0 Å². The number of benzene rings is 1. The number of ether oxygens (including phenoxy) is 1. The van der Waals surface area contributed by atoms with E-state index in [1.807, 2.05) is 6.92 Å². The van der Waals surface area contributed by atoms with E-state index >= 15 is 0 Å². The summed E-state index contributed by atoms with van der Waals surface area (Å²) in [5.41, 5.74) is 0.444. The molecule has 0 spiro atoms. The van der Waals surface area contributed by atoms with Gasteiger partial charge in [-0.2, -0.15) is 5.10 Å². The van der Waals surface area contributed by atoms with Crippen molar-refractivity contribution in [1.82, 2.24) is 14.7 Å². The number of hydrogen-bond acceptors (Lipinski definition) is 4. The third-order valence-corrected chi connectivity index (χ3v) is 5.37. The van der Waals surface area contributed by atoms with Crippen molar-refractivity contribution >= 4 is 27.6 Å². The quantitative estimate of drug-likeness (QED) is 0.771. The molecule has 28 heavy (non-hydrogen) atoms. The van der Waals surface area contributed by atoms with Gasteiger partial charge in [0.1, 0.15) is 23.4 Å². The van der Waals surface area contributed by atoms with Crippen LogP contribution in [0.25, 0.3) is 0 Å². The van der Waals surface area contributed by atoms with Crippen LogP contribution in [0, 0.1) is 5.82 Å². The molecule has 0 saturated carbocycles. The Kier molecular flexibility index (Phi) is 6.33. The lowest BCUT2D eigenvalue weighted by atomic mass is 10.1. The van der Waals surface area contributed by atoms with E-state index in [2.05, 4.69) is 26.3 Å². The molecule has 1 saturated heterocycles. The van der Waals surface area contributed by atoms with Crippen LogP contribution in [0.2, 0.25) is 0 Å². The molecule has 1 aliphatic heterocycles. The summed E-state index contributed by atoms with van der Waals surface area (Å²) in [5, 5.41) is 6.47. The van der Waals surface area contributed by atoms with Crippen molar-refractivity contribution < 1.29 is 13.9 Å². The number of piperidine rings is 1. The first-order chi connectivity index (χ1) is 13.4. The van der Waals surface area contributed by atoms with Crippen LogP contribution in [0.4, 0.5) is 14.9 Å². The number of carbonyl (C=O) groups is 1. The molecular formula is C19H22BrFN4O3. The molecule has 0 unspecified atom stereocenters. The Balaban J connectivity index is 1.58. The van der Waals surface area contributed by atoms with Crippen LogP contribution in [0.5, 0.6) is 5.75 Å². The van der Waals surface area contributed by atoms with E-state index in [0.29, 0.717) is 48.1 Å². The molecule has 1 aromatic carbocycles. The zero-order chi connectivity index (χ0) is 20.3. The summed E-state index contributed by atoms with van der Waals surface area (Å²) in [7, 11) is 1.53. The number of carbonyl (C=O) groups excluding carboxylic acids is 1. The number of nitrogens with zero attached hydrogens (tertiary/aromatic N) is 3. The molecule has 3 rings (SSSR count). The Morgan fingerprint density at radius 1 is 1.39 bits per heavy atom. The molecular weight excluding hydrogens is 431 g/mol. The van der Waals surface area contributed by atoms with Gasteiger partial charge < -0.3 is 15.0 Å². The molecule has 0 atom stereocenters. The zero-order valence-corrected chi connectivity index (χ0v) is 17.3. The molecule has 0 aliphatic carbocycles. The topological polar surface area (TPSA) is 76.5 Å². The standard InChI is InChI=1S/C19H22BrFN4O3/c1-3-12-10-17(14(20)11-15(12)21)28-13-5-8-25(9-6-13)19(27)23-16-4-7-22-24(2)18(16)26/h4,7,10-11,13H,3,5-6,8-9H2,1-2H3,(H,23,27). The first kappa shape index (κ1) is 20.3.